The Morgan fingerprint density at radius 1 is 1.29 bits per heavy atom. The third kappa shape index (κ3) is 4.27. The largest absolute Gasteiger partial charge is 0.487 e. The first kappa shape index (κ1) is 20.5. The lowest BCUT2D eigenvalue weighted by Crippen LogP contribution is -2.46. The Labute approximate surface area is 172 Å². The zero-order chi connectivity index (χ0) is 20.3. The van der Waals surface area contributed by atoms with E-state index in [2.05, 4.69) is 19.2 Å². The van der Waals surface area contributed by atoms with Crippen molar-refractivity contribution >= 4 is 17.5 Å². The molecule has 5 heteroatoms. The van der Waals surface area contributed by atoms with Gasteiger partial charge in [0.05, 0.1) is 6.04 Å². The predicted molar refractivity (Wildman–Crippen MR) is 112 cm³/mol. The predicted octanol–water partition coefficient (Wildman–Crippen LogP) is 5.61. The van der Waals surface area contributed by atoms with Crippen molar-refractivity contribution in [1.82, 2.24) is 5.32 Å². The number of benzene rings is 2. The Morgan fingerprint density at radius 2 is 2.00 bits per heavy atom. The van der Waals surface area contributed by atoms with Crippen LogP contribution in [0.5, 0.6) is 11.5 Å². The van der Waals surface area contributed by atoms with Crippen molar-refractivity contribution in [2.45, 2.75) is 64.7 Å². The van der Waals surface area contributed by atoms with Gasteiger partial charge in [0.2, 0.25) is 0 Å². The van der Waals surface area contributed by atoms with Gasteiger partial charge in [0.15, 0.2) is 6.10 Å². The maximum atomic E-state index is 12.9. The quantitative estimate of drug-likeness (QED) is 0.683. The highest BCUT2D eigenvalue weighted by molar-refractivity contribution is 6.31. The van der Waals surface area contributed by atoms with E-state index < -0.39 is 6.10 Å². The average Bonchev–Trinajstić information content (AvgIpc) is 2.70. The Bertz CT molecular complexity index is 847. The molecular formula is C23H28ClNO3. The number of rotatable bonds is 6. The molecule has 0 saturated carbocycles. The summed E-state index contributed by atoms with van der Waals surface area (Å²) in [5.74, 6) is 1.34. The van der Waals surface area contributed by atoms with Crippen LogP contribution in [-0.4, -0.2) is 17.6 Å². The van der Waals surface area contributed by atoms with Crippen LogP contribution >= 0.6 is 11.6 Å². The van der Waals surface area contributed by atoms with Crippen molar-refractivity contribution in [3.63, 3.8) is 0 Å². The summed E-state index contributed by atoms with van der Waals surface area (Å²) in [7, 11) is 0. The Hall–Kier alpha value is -2.20. The number of carbonyl (C=O) groups is 1. The first-order valence-corrected chi connectivity index (χ1v) is 10.3. The Balaban J connectivity index is 1.75. The molecule has 2 aromatic carbocycles. The van der Waals surface area contributed by atoms with E-state index in [-0.39, 0.29) is 17.6 Å². The molecule has 28 heavy (non-hydrogen) atoms. The standard InChI is InChI=1S/C23H28ClNO3/c1-5-23(6-2)14-20(18-9-7-8-10-21(18)28-23)25-22(26)16(4)27-17-11-12-19(24)15(3)13-17/h7-13,16,20H,5-6,14H2,1-4H3,(H,25,26)/t16-,20-/m1/s1. The third-order valence-electron chi connectivity index (χ3n) is 5.61. The number of para-hydroxylation sites is 1. The van der Waals surface area contributed by atoms with Crippen LogP contribution < -0.4 is 14.8 Å². The molecule has 1 aliphatic heterocycles. The van der Waals surface area contributed by atoms with Crippen molar-refractivity contribution in [3.8, 4) is 11.5 Å². The number of fused-ring (bicyclic) bond motifs is 1. The Kier molecular flexibility index (Phi) is 6.19. The number of hydrogen-bond acceptors (Lipinski definition) is 3. The lowest BCUT2D eigenvalue weighted by molar-refractivity contribution is -0.128. The monoisotopic (exact) mass is 401 g/mol. The van der Waals surface area contributed by atoms with Crippen molar-refractivity contribution in [3.05, 3.63) is 58.6 Å². The number of aryl methyl sites for hydroxylation is 1. The van der Waals surface area contributed by atoms with Gasteiger partial charge in [-0.25, -0.2) is 0 Å². The maximum Gasteiger partial charge on any atom is 0.261 e. The van der Waals surface area contributed by atoms with Crippen LogP contribution in [0.1, 0.15) is 57.2 Å². The summed E-state index contributed by atoms with van der Waals surface area (Å²) in [6.07, 6.45) is 1.91. The minimum absolute atomic E-state index is 0.102. The van der Waals surface area contributed by atoms with Gasteiger partial charge in [0.1, 0.15) is 17.1 Å². The van der Waals surface area contributed by atoms with Crippen LogP contribution in [0.3, 0.4) is 0 Å². The topological polar surface area (TPSA) is 47.6 Å². The number of nitrogens with one attached hydrogen (secondary N) is 1. The molecule has 0 unspecified atom stereocenters. The minimum Gasteiger partial charge on any atom is -0.487 e. The van der Waals surface area contributed by atoms with Gasteiger partial charge in [-0.2, -0.15) is 0 Å². The van der Waals surface area contributed by atoms with Crippen molar-refractivity contribution in [1.29, 1.82) is 0 Å². The van der Waals surface area contributed by atoms with Crippen LogP contribution in [0.2, 0.25) is 5.02 Å². The minimum atomic E-state index is -0.617. The molecule has 1 aliphatic rings. The molecule has 0 fully saturated rings. The van der Waals surface area contributed by atoms with Crippen molar-refractivity contribution in [2.24, 2.45) is 0 Å². The molecule has 2 aromatic rings. The van der Waals surface area contributed by atoms with Crippen LogP contribution in [0.4, 0.5) is 0 Å². The second-order valence-corrected chi connectivity index (χ2v) is 7.87. The molecule has 1 heterocycles. The summed E-state index contributed by atoms with van der Waals surface area (Å²) in [6, 6.07) is 13.2. The molecule has 0 saturated heterocycles. The number of amides is 1. The van der Waals surface area contributed by atoms with Gasteiger partial charge in [-0.3, -0.25) is 4.79 Å². The highest BCUT2D eigenvalue weighted by Gasteiger charge is 2.39. The van der Waals surface area contributed by atoms with Gasteiger partial charge < -0.3 is 14.8 Å². The molecule has 150 valence electrons. The number of hydrogen-bond donors (Lipinski definition) is 1. The smallest absolute Gasteiger partial charge is 0.261 e. The van der Waals surface area contributed by atoms with Gasteiger partial charge in [0.25, 0.3) is 5.91 Å². The molecule has 1 N–H and O–H groups in total. The number of halogens is 1. The van der Waals surface area contributed by atoms with Gasteiger partial charge in [-0.15, -0.1) is 0 Å². The van der Waals surface area contributed by atoms with Crippen LogP contribution in [0, 0.1) is 6.92 Å². The van der Waals surface area contributed by atoms with E-state index in [1.165, 1.54) is 0 Å². The highest BCUT2D eigenvalue weighted by atomic mass is 35.5. The molecule has 4 nitrogen and oxygen atoms in total. The van der Waals surface area contributed by atoms with Gasteiger partial charge in [-0.1, -0.05) is 43.6 Å². The van der Waals surface area contributed by atoms with Crippen molar-refractivity contribution < 1.29 is 14.3 Å². The summed E-state index contributed by atoms with van der Waals surface area (Å²) in [5.41, 5.74) is 1.67. The molecule has 0 aromatic heterocycles. The number of carbonyl (C=O) groups excluding carboxylic acids is 1. The van der Waals surface area contributed by atoms with E-state index in [4.69, 9.17) is 21.1 Å². The van der Waals surface area contributed by atoms with Gasteiger partial charge in [0, 0.05) is 17.0 Å². The van der Waals surface area contributed by atoms with E-state index in [0.717, 1.165) is 36.1 Å². The van der Waals surface area contributed by atoms with E-state index in [1.54, 1.807) is 19.1 Å². The second kappa shape index (κ2) is 8.44. The third-order valence-corrected chi connectivity index (χ3v) is 6.04. The fourth-order valence-electron chi connectivity index (χ4n) is 3.67. The van der Waals surface area contributed by atoms with Crippen LogP contribution in [0.15, 0.2) is 42.5 Å². The fraction of sp³-hybridized carbons (Fsp3) is 0.435. The van der Waals surface area contributed by atoms with Crippen molar-refractivity contribution in [2.75, 3.05) is 0 Å². The molecule has 2 atom stereocenters. The van der Waals surface area contributed by atoms with E-state index in [9.17, 15) is 4.79 Å². The maximum absolute atomic E-state index is 12.9. The van der Waals surface area contributed by atoms with Gasteiger partial charge >= 0.3 is 0 Å². The number of ether oxygens (including phenoxy) is 2. The van der Waals surface area contributed by atoms with Gasteiger partial charge in [-0.05, 0) is 56.5 Å². The molecule has 0 radical (unpaired) electrons. The van der Waals surface area contributed by atoms with E-state index in [0.29, 0.717) is 10.8 Å². The summed E-state index contributed by atoms with van der Waals surface area (Å²) in [5, 5.41) is 3.85. The molecular weight excluding hydrogens is 374 g/mol. The summed E-state index contributed by atoms with van der Waals surface area (Å²) < 4.78 is 12.2. The molecule has 0 bridgehead atoms. The highest BCUT2D eigenvalue weighted by Crippen LogP contribution is 2.42. The van der Waals surface area contributed by atoms with E-state index in [1.807, 2.05) is 37.3 Å². The summed E-state index contributed by atoms with van der Waals surface area (Å²) in [6.45, 7) is 7.93. The average molecular weight is 402 g/mol. The molecule has 1 amide bonds. The Morgan fingerprint density at radius 3 is 2.68 bits per heavy atom. The first-order chi connectivity index (χ1) is 13.4. The summed E-state index contributed by atoms with van der Waals surface area (Å²) in [4.78, 5) is 12.9. The van der Waals surface area contributed by atoms with E-state index >= 15 is 0 Å². The van der Waals surface area contributed by atoms with Crippen LogP contribution in [-0.2, 0) is 4.79 Å². The first-order valence-electron chi connectivity index (χ1n) is 9.88. The lowest BCUT2D eigenvalue weighted by Gasteiger charge is -2.41. The zero-order valence-corrected chi connectivity index (χ0v) is 17.7. The zero-order valence-electron chi connectivity index (χ0n) is 16.9. The lowest BCUT2D eigenvalue weighted by atomic mass is 9.83. The van der Waals surface area contributed by atoms with Crippen LogP contribution in [0.25, 0.3) is 0 Å². The normalized spacial score (nSPS) is 18.5. The molecule has 0 spiro atoms. The molecule has 3 rings (SSSR count). The summed E-state index contributed by atoms with van der Waals surface area (Å²) >= 11 is 6.06. The molecule has 0 aliphatic carbocycles. The second-order valence-electron chi connectivity index (χ2n) is 7.47. The fourth-order valence-corrected chi connectivity index (χ4v) is 3.78. The SMILES string of the molecule is CCC1(CC)C[C@@H](NC(=O)[C@@H](C)Oc2ccc(Cl)c(C)c2)c2ccccc2O1.